The number of carbonyl (C=O) groups is 4. The van der Waals surface area contributed by atoms with Crippen LogP contribution in [-0.4, -0.2) is 46.1 Å². The highest BCUT2D eigenvalue weighted by atomic mass is 16.5. The normalized spacial score (nSPS) is 18.1. The van der Waals surface area contributed by atoms with E-state index in [2.05, 4.69) is 0 Å². The molecule has 2 aliphatic heterocycles. The maximum atomic E-state index is 13.2. The van der Waals surface area contributed by atoms with Crippen molar-refractivity contribution in [2.75, 3.05) is 6.54 Å². The van der Waals surface area contributed by atoms with Crippen molar-refractivity contribution in [1.82, 2.24) is 9.80 Å². The minimum atomic E-state index is -0.964. The summed E-state index contributed by atoms with van der Waals surface area (Å²) in [6.07, 6.45) is 0. The van der Waals surface area contributed by atoms with Crippen LogP contribution in [0.15, 0.2) is 84.9 Å². The molecule has 0 aliphatic carbocycles. The molecule has 0 aromatic heterocycles. The van der Waals surface area contributed by atoms with Crippen LogP contribution in [-0.2, 0) is 20.9 Å². The fourth-order valence-electron chi connectivity index (χ4n) is 4.24. The summed E-state index contributed by atoms with van der Waals surface area (Å²) in [5.74, 6) is -2.01. The van der Waals surface area contributed by atoms with Gasteiger partial charge in [0.05, 0.1) is 17.7 Å². The molecular formula is C26H20N2O5. The van der Waals surface area contributed by atoms with Gasteiger partial charge in [-0.05, 0) is 23.3 Å². The van der Waals surface area contributed by atoms with Gasteiger partial charge in [-0.2, -0.15) is 0 Å². The van der Waals surface area contributed by atoms with Crippen LogP contribution in [0.1, 0.15) is 37.9 Å². The Bertz CT molecular complexity index is 1210. The van der Waals surface area contributed by atoms with Crippen LogP contribution in [0.5, 0.6) is 0 Å². The zero-order valence-electron chi connectivity index (χ0n) is 17.6. The predicted octanol–water partition coefficient (Wildman–Crippen LogP) is 2.98. The second-order valence-electron chi connectivity index (χ2n) is 7.94. The van der Waals surface area contributed by atoms with Gasteiger partial charge < -0.3 is 9.64 Å². The van der Waals surface area contributed by atoms with Crippen LogP contribution < -0.4 is 0 Å². The number of nitrogens with zero attached hydrogens (tertiary/aromatic N) is 2. The van der Waals surface area contributed by atoms with Gasteiger partial charge in [0.25, 0.3) is 11.8 Å². The lowest BCUT2D eigenvalue weighted by atomic mass is 9.97. The monoisotopic (exact) mass is 440 g/mol. The molecule has 7 heteroatoms. The molecule has 2 heterocycles. The summed E-state index contributed by atoms with van der Waals surface area (Å²) in [6.45, 7) is 0.136. The number of β-lactam (4-membered cyclic amide) rings is 1. The molecule has 33 heavy (non-hydrogen) atoms. The van der Waals surface area contributed by atoms with Crippen molar-refractivity contribution < 1.29 is 23.9 Å². The number of hydrogen-bond acceptors (Lipinski definition) is 5. The summed E-state index contributed by atoms with van der Waals surface area (Å²) >= 11 is 0. The van der Waals surface area contributed by atoms with Crippen LogP contribution in [0.3, 0.4) is 0 Å². The molecule has 3 aromatic carbocycles. The summed E-state index contributed by atoms with van der Waals surface area (Å²) in [4.78, 5) is 54.1. The van der Waals surface area contributed by atoms with Crippen molar-refractivity contribution in [1.29, 1.82) is 0 Å². The van der Waals surface area contributed by atoms with Crippen molar-refractivity contribution in [3.8, 4) is 0 Å². The second-order valence-corrected chi connectivity index (χ2v) is 7.94. The molecule has 5 rings (SSSR count). The highest BCUT2D eigenvalue weighted by Gasteiger charge is 2.53. The fourth-order valence-corrected chi connectivity index (χ4v) is 4.24. The average Bonchev–Trinajstić information content (AvgIpc) is 3.10. The van der Waals surface area contributed by atoms with Crippen molar-refractivity contribution in [3.63, 3.8) is 0 Å². The van der Waals surface area contributed by atoms with Gasteiger partial charge in [0, 0.05) is 0 Å². The van der Waals surface area contributed by atoms with Gasteiger partial charge in [0.1, 0.15) is 12.6 Å². The topological polar surface area (TPSA) is 84.0 Å². The molecule has 0 saturated carbocycles. The molecule has 0 radical (unpaired) electrons. The highest BCUT2D eigenvalue weighted by Crippen LogP contribution is 2.34. The lowest BCUT2D eigenvalue weighted by Gasteiger charge is -2.45. The molecule has 164 valence electrons. The third kappa shape index (κ3) is 3.57. The Kier molecular flexibility index (Phi) is 5.22. The molecule has 7 nitrogen and oxygen atoms in total. The van der Waals surface area contributed by atoms with E-state index in [1.165, 1.54) is 4.90 Å². The van der Waals surface area contributed by atoms with E-state index in [0.717, 1.165) is 10.5 Å². The van der Waals surface area contributed by atoms with Crippen LogP contribution in [0.4, 0.5) is 0 Å². The summed E-state index contributed by atoms with van der Waals surface area (Å²) in [5.41, 5.74) is 2.01. The van der Waals surface area contributed by atoms with Crippen molar-refractivity contribution in [3.05, 3.63) is 107 Å². The van der Waals surface area contributed by atoms with Crippen LogP contribution in [0.25, 0.3) is 0 Å². The Hall–Kier alpha value is -4.26. The Labute approximate surface area is 190 Å². The van der Waals surface area contributed by atoms with E-state index in [4.69, 9.17) is 4.74 Å². The minimum absolute atomic E-state index is 0.0598. The number of rotatable bonds is 6. The zero-order valence-corrected chi connectivity index (χ0v) is 17.6. The Morgan fingerprint density at radius 1 is 0.818 bits per heavy atom. The van der Waals surface area contributed by atoms with Crippen LogP contribution in [0, 0.1) is 0 Å². The zero-order chi connectivity index (χ0) is 22.9. The number of esters is 1. The third-order valence-corrected chi connectivity index (χ3v) is 5.95. The molecule has 3 aromatic rings. The van der Waals surface area contributed by atoms with E-state index in [1.54, 1.807) is 48.5 Å². The van der Waals surface area contributed by atoms with Gasteiger partial charge in [-0.1, -0.05) is 72.8 Å². The van der Waals surface area contributed by atoms with Crippen LogP contribution >= 0.6 is 0 Å². The molecule has 2 aliphatic rings. The number of hydrogen-bond donors (Lipinski definition) is 0. The number of benzene rings is 3. The summed E-state index contributed by atoms with van der Waals surface area (Å²) < 4.78 is 5.52. The van der Waals surface area contributed by atoms with Gasteiger partial charge in [-0.3, -0.25) is 19.3 Å². The van der Waals surface area contributed by atoms with E-state index >= 15 is 0 Å². The maximum Gasteiger partial charge on any atom is 0.333 e. The van der Waals surface area contributed by atoms with Gasteiger partial charge >= 0.3 is 5.97 Å². The lowest BCUT2D eigenvalue weighted by molar-refractivity contribution is -0.165. The number of imide groups is 1. The van der Waals surface area contributed by atoms with E-state index in [9.17, 15) is 19.2 Å². The van der Waals surface area contributed by atoms with E-state index in [0.29, 0.717) is 5.56 Å². The number of likely N-dealkylation sites (tertiary alicyclic amines) is 1. The van der Waals surface area contributed by atoms with Crippen molar-refractivity contribution >= 4 is 23.7 Å². The molecule has 3 amide bonds. The summed E-state index contributed by atoms with van der Waals surface area (Å²) in [5, 5.41) is 0. The van der Waals surface area contributed by atoms with Crippen LogP contribution in [0.2, 0.25) is 0 Å². The first-order chi connectivity index (χ1) is 16.1. The SMILES string of the molecule is O=C(OCc1ccccc1)C(c1ccccc1)N1CC(N2C(=O)c3ccccc3C2=O)C1=O. The van der Waals surface area contributed by atoms with Crippen molar-refractivity contribution in [2.45, 2.75) is 18.7 Å². The quantitative estimate of drug-likeness (QED) is 0.334. The molecule has 0 spiro atoms. The molecule has 0 bridgehead atoms. The van der Waals surface area contributed by atoms with E-state index in [-0.39, 0.29) is 24.3 Å². The van der Waals surface area contributed by atoms with Gasteiger partial charge in [0.15, 0.2) is 6.04 Å². The Morgan fingerprint density at radius 2 is 1.36 bits per heavy atom. The number of ether oxygens (including phenoxy) is 1. The molecule has 0 N–H and O–H groups in total. The molecule has 2 atom stereocenters. The first-order valence-electron chi connectivity index (χ1n) is 10.6. The first-order valence-corrected chi connectivity index (χ1v) is 10.6. The smallest absolute Gasteiger partial charge is 0.333 e. The number of carbonyl (C=O) groups excluding carboxylic acids is 4. The van der Waals surface area contributed by atoms with E-state index < -0.39 is 35.8 Å². The average molecular weight is 440 g/mol. The third-order valence-electron chi connectivity index (χ3n) is 5.95. The van der Waals surface area contributed by atoms with E-state index in [1.807, 2.05) is 36.4 Å². The highest BCUT2D eigenvalue weighted by molar-refractivity contribution is 6.23. The van der Waals surface area contributed by atoms with Gasteiger partial charge in [0.2, 0.25) is 5.91 Å². The predicted molar refractivity (Wildman–Crippen MR) is 118 cm³/mol. The molecule has 1 fully saturated rings. The molecular weight excluding hydrogens is 420 g/mol. The molecule has 2 unspecified atom stereocenters. The van der Waals surface area contributed by atoms with Gasteiger partial charge in [-0.25, -0.2) is 4.79 Å². The number of amides is 3. The molecule has 1 saturated heterocycles. The second kappa shape index (κ2) is 8.35. The summed E-state index contributed by atoms with van der Waals surface area (Å²) in [7, 11) is 0. The standard InChI is InChI=1S/C26H20N2O5/c29-23-19-13-7-8-14-20(19)24(30)28(23)21-15-27(25(21)31)22(18-11-5-2-6-12-18)26(32)33-16-17-9-3-1-4-10-17/h1-14,21-22H,15-16H2. The largest absolute Gasteiger partial charge is 0.459 e. The summed E-state index contributed by atoms with van der Waals surface area (Å²) in [6, 6.07) is 22.7. The maximum absolute atomic E-state index is 13.2. The Morgan fingerprint density at radius 3 is 1.94 bits per heavy atom. The minimum Gasteiger partial charge on any atom is -0.459 e. The number of fused-ring (bicyclic) bond motifs is 1. The lowest BCUT2D eigenvalue weighted by Crippen LogP contribution is -2.66. The fraction of sp³-hybridized carbons (Fsp3) is 0.154. The van der Waals surface area contributed by atoms with Crippen molar-refractivity contribution in [2.24, 2.45) is 0 Å². The first kappa shape index (κ1) is 20.6. The van der Waals surface area contributed by atoms with Gasteiger partial charge in [-0.15, -0.1) is 0 Å². The Balaban J connectivity index is 1.35.